The fourth-order valence-electron chi connectivity index (χ4n) is 1.56. The summed E-state index contributed by atoms with van der Waals surface area (Å²) in [7, 11) is -3.83. The molecular formula is C12H21N5O3S. The van der Waals surface area contributed by atoms with Gasteiger partial charge in [-0.25, -0.2) is 18.1 Å². The molecule has 0 aromatic carbocycles. The maximum absolute atomic E-state index is 12.1. The zero-order valence-corrected chi connectivity index (χ0v) is 13.1. The van der Waals surface area contributed by atoms with Gasteiger partial charge in [-0.3, -0.25) is 10.6 Å². The quantitative estimate of drug-likeness (QED) is 0.431. The van der Waals surface area contributed by atoms with Crippen molar-refractivity contribution in [1.29, 1.82) is 0 Å². The van der Waals surface area contributed by atoms with Crippen LogP contribution in [0.2, 0.25) is 0 Å². The molecule has 0 aliphatic heterocycles. The minimum Gasteiger partial charge on any atom is -0.351 e. The number of sulfonamides is 1. The molecule has 21 heavy (non-hydrogen) atoms. The van der Waals surface area contributed by atoms with Crippen molar-refractivity contribution >= 4 is 21.6 Å². The smallest absolute Gasteiger partial charge is 0.260 e. The molecule has 1 amide bonds. The molecule has 1 aromatic heterocycles. The van der Waals surface area contributed by atoms with Gasteiger partial charge in [0.1, 0.15) is 0 Å². The van der Waals surface area contributed by atoms with E-state index in [1.807, 2.05) is 20.8 Å². The lowest BCUT2D eigenvalue weighted by atomic mass is 10.1. The highest BCUT2D eigenvalue weighted by molar-refractivity contribution is 7.89. The van der Waals surface area contributed by atoms with Crippen LogP contribution in [-0.2, 0) is 14.8 Å². The molecule has 0 radical (unpaired) electrons. The Kier molecular flexibility index (Phi) is 5.64. The van der Waals surface area contributed by atoms with Crippen LogP contribution in [0.15, 0.2) is 23.4 Å². The summed E-state index contributed by atoms with van der Waals surface area (Å²) in [6.07, 6.45) is 1.39. The molecule has 0 bridgehead atoms. The van der Waals surface area contributed by atoms with E-state index >= 15 is 0 Å². The standard InChI is InChI=1S/C12H21N5O3S/c1-12(2,3)16-10(18)6-8-15-21(19,20)11-9(17-13)5-4-7-14-11/h4-5,7,15,17H,6,8,13H2,1-3H3,(H,16,18). The van der Waals surface area contributed by atoms with Gasteiger partial charge in [-0.05, 0) is 32.9 Å². The summed E-state index contributed by atoms with van der Waals surface area (Å²) < 4.78 is 26.5. The molecule has 5 N–H and O–H groups in total. The number of hydrogen-bond acceptors (Lipinski definition) is 6. The molecule has 0 saturated heterocycles. The SMILES string of the molecule is CC(C)(C)NC(=O)CCNS(=O)(=O)c1ncccc1NN. The lowest BCUT2D eigenvalue weighted by Crippen LogP contribution is -2.42. The van der Waals surface area contributed by atoms with Crippen molar-refractivity contribution < 1.29 is 13.2 Å². The maximum atomic E-state index is 12.1. The number of nitrogen functional groups attached to an aromatic ring is 1. The number of amides is 1. The third kappa shape index (κ3) is 5.66. The van der Waals surface area contributed by atoms with Gasteiger partial charge in [0.25, 0.3) is 10.0 Å². The normalized spacial score (nSPS) is 12.0. The van der Waals surface area contributed by atoms with E-state index in [0.717, 1.165) is 0 Å². The van der Waals surface area contributed by atoms with Crippen molar-refractivity contribution in [3.63, 3.8) is 0 Å². The highest BCUT2D eigenvalue weighted by atomic mass is 32.2. The Morgan fingerprint density at radius 2 is 2.05 bits per heavy atom. The van der Waals surface area contributed by atoms with Crippen molar-refractivity contribution in [3.05, 3.63) is 18.3 Å². The Labute approximate surface area is 124 Å². The number of nitrogens with one attached hydrogen (secondary N) is 3. The van der Waals surface area contributed by atoms with Gasteiger partial charge in [0.2, 0.25) is 5.91 Å². The van der Waals surface area contributed by atoms with Crippen molar-refractivity contribution in [2.75, 3.05) is 12.0 Å². The second-order valence-corrected chi connectivity index (χ2v) is 7.13. The van der Waals surface area contributed by atoms with Crippen LogP contribution in [0.1, 0.15) is 27.2 Å². The zero-order valence-electron chi connectivity index (χ0n) is 12.3. The highest BCUT2D eigenvalue weighted by Crippen LogP contribution is 2.16. The molecule has 0 aliphatic rings. The number of hydrogen-bond donors (Lipinski definition) is 4. The second kappa shape index (κ2) is 6.83. The molecule has 0 aliphatic carbocycles. The monoisotopic (exact) mass is 315 g/mol. The van der Waals surface area contributed by atoms with Gasteiger partial charge in [0.05, 0.1) is 5.69 Å². The van der Waals surface area contributed by atoms with Crippen molar-refractivity contribution in [2.24, 2.45) is 5.84 Å². The molecule has 1 heterocycles. The Morgan fingerprint density at radius 3 is 2.62 bits per heavy atom. The Balaban J connectivity index is 2.64. The molecule has 8 nitrogen and oxygen atoms in total. The van der Waals surface area contributed by atoms with E-state index < -0.39 is 10.0 Å². The summed E-state index contributed by atoms with van der Waals surface area (Å²) in [5.41, 5.74) is 2.10. The average molecular weight is 315 g/mol. The average Bonchev–Trinajstić information content (AvgIpc) is 2.36. The molecule has 0 fully saturated rings. The zero-order chi connectivity index (χ0) is 16.1. The number of carbonyl (C=O) groups is 1. The lowest BCUT2D eigenvalue weighted by Gasteiger charge is -2.20. The number of nitrogens with zero attached hydrogens (tertiary/aromatic N) is 1. The van der Waals surface area contributed by atoms with Gasteiger partial charge in [0.15, 0.2) is 5.03 Å². The number of rotatable bonds is 6. The number of carbonyl (C=O) groups excluding carboxylic acids is 1. The first kappa shape index (κ1) is 17.3. The summed E-state index contributed by atoms with van der Waals surface area (Å²) in [6.45, 7) is 5.53. The van der Waals surface area contributed by atoms with Gasteiger partial charge >= 0.3 is 0 Å². The van der Waals surface area contributed by atoms with Gasteiger partial charge in [-0.1, -0.05) is 0 Å². The van der Waals surface area contributed by atoms with E-state index in [9.17, 15) is 13.2 Å². The first-order chi connectivity index (χ1) is 9.65. The van der Waals surface area contributed by atoms with Crippen LogP contribution in [0.3, 0.4) is 0 Å². The van der Waals surface area contributed by atoms with Gasteiger partial charge in [-0.15, -0.1) is 0 Å². The number of anilines is 1. The fraction of sp³-hybridized carbons (Fsp3) is 0.500. The largest absolute Gasteiger partial charge is 0.351 e. The van der Waals surface area contributed by atoms with E-state index in [1.54, 1.807) is 6.07 Å². The summed E-state index contributed by atoms with van der Waals surface area (Å²) in [4.78, 5) is 15.4. The number of pyridine rings is 1. The van der Waals surface area contributed by atoms with Crippen molar-refractivity contribution in [1.82, 2.24) is 15.0 Å². The Morgan fingerprint density at radius 1 is 1.38 bits per heavy atom. The van der Waals surface area contributed by atoms with Gasteiger partial charge in [-0.2, -0.15) is 0 Å². The predicted molar refractivity (Wildman–Crippen MR) is 79.7 cm³/mol. The van der Waals surface area contributed by atoms with Crippen LogP contribution in [0.25, 0.3) is 0 Å². The molecule has 1 rings (SSSR count). The Hall–Kier alpha value is -1.71. The summed E-state index contributed by atoms with van der Waals surface area (Å²) in [5.74, 6) is 5.01. The lowest BCUT2D eigenvalue weighted by molar-refractivity contribution is -0.122. The van der Waals surface area contributed by atoms with Crippen molar-refractivity contribution in [3.8, 4) is 0 Å². The van der Waals surface area contributed by atoms with E-state index in [-0.39, 0.29) is 35.1 Å². The molecule has 118 valence electrons. The minimum atomic E-state index is -3.83. The van der Waals surface area contributed by atoms with Crippen molar-refractivity contribution in [2.45, 2.75) is 37.8 Å². The summed E-state index contributed by atoms with van der Waals surface area (Å²) >= 11 is 0. The number of nitrogens with two attached hydrogens (primary N) is 1. The summed E-state index contributed by atoms with van der Waals surface area (Å²) in [6, 6.07) is 3.05. The topological polar surface area (TPSA) is 126 Å². The van der Waals surface area contributed by atoms with E-state index in [0.29, 0.717) is 0 Å². The second-order valence-electron chi connectivity index (χ2n) is 5.45. The van der Waals surface area contributed by atoms with Crippen LogP contribution < -0.4 is 21.3 Å². The summed E-state index contributed by atoms with van der Waals surface area (Å²) in [5, 5.41) is 2.54. The fourth-order valence-corrected chi connectivity index (χ4v) is 2.69. The molecule has 1 aromatic rings. The maximum Gasteiger partial charge on any atom is 0.260 e. The molecule has 0 spiro atoms. The van der Waals surface area contributed by atoms with E-state index in [4.69, 9.17) is 5.84 Å². The Bertz CT molecular complexity index is 595. The van der Waals surface area contributed by atoms with Crippen LogP contribution in [0.4, 0.5) is 5.69 Å². The molecular weight excluding hydrogens is 294 g/mol. The van der Waals surface area contributed by atoms with Gasteiger partial charge < -0.3 is 10.7 Å². The first-order valence-corrected chi connectivity index (χ1v) is 7.86. The van der Waals surface area contributed by atoms with Crippen LogP contribution in [0.5, 0.6) is 0 Å². The predicted octanol–water partition coefficient (Wildman–Crippen LogP) is -0.0497. The molecule has 9 heteroatoms. The highest BCUT2D eigenvalue weighted by Gasteiger charge is 2.20. The molecule has 0 atom stereocenters. The van der Waals surface area contributed by atoms with Gasteiger partial charge in [0, 0.05) is 24.7 Å². The van der Waals surface area contributed by atoms with E-state index in [2.05, 4.69) is 20.4 Å². The van der Waals surface area contributed by atoms with E-state index in [1.165, 1.54) is 12.3 Å². The van der Waals surface area contributed by atoms with Crippen LogP contribution in [0, 0.1) is 0 Å². The molecule has 0 unspecified atom stereocenters. The minimum absolute atomic E-state index is 0.0230. The number of hydrazine groups is 1. The third-order valence-corrected chi connectivity index (χ3v) is 3.76. The molecule has 0 saturated carbocycles. The first-order valence-electron chi connectivity index (χ1n) is 6.38. The van der Waals surface area contributed by atoms with Crippen LogP contribution in [-0.4, -0.2) is 31.4 Å². The third-order valence-electron chi connectivity index (χ3n) is 2.34. The number of aromatic nitrogens is 1. The van der Waals surface area contributed by atoms with Crippen LogP contribution >= 0.6 is 0 Å².